The highest BCUT2D eigenvalue weighted by atomic mass is 16.5. The second-order valence-corrected chi connectivity index (χ2v) is 4.12. The largest absolute Gasteiger partial charge is 0.496 e. The van der Waals surface area contributed by atoms with Crippen LogP contribution in [0.3, 0.4) is 0 Å². The molecule has 0 bridgehead atoms. The molecule has 0 heterocycles. The zero-order valence-electron chi connectivity index (χ0n) is 11.4. The molecule has 5 nitrogen and oxygen atoms in total. The molecule has 0 saturated carbocycles. The van der Waals surface area contributed by atoms with Gasteiger partial charge in [-0.1, -0.05) is 12.1 Å². The fourth-order valence-corrected chi connectivity index (χ4v) is 1.98. The van der Waals surface area contributed by atoms with Gasteiger partial charge in [0.25, 0.3) is 0 Å². The lowest BCUT2D eigenvalue weighted by atomic mass is 10.0. The lowest BCUT2D eigenvalue weighted by Crippen LogP contribution is -2.06. The van der Waals surface area contributed by atoms with Gasteiger partial charge in [0.15, 0.2) is 0 Å². The van der Waals surface area contributed by atoms with Crippen molar-refractivity contribution in [3.63, 3.8) is 0 Å². The van der Waals surface area contributed by atoms with Crippen LogP contribution in [0.5, 0.6) is 11.5 Å². The van der Waals surface area contributed by atoms with Gasteiger partial charge in [0, 0.05) is 17.7 Å². The van der Waals surface area contributed by atoms with Crippen LogP contribution >= 0.6 is 0 Å². The van der Waals surface area contributed by atoms with Gasteiger partial charge in [-0.05, 0) is 18.2 Å². The summed E-state index contributed by atoms with van der Waals surface area (Å²) in [5.74, 6) is -0.0849. The molecular weight excluding hydrogens is 260 g/mol. The second kappa shape index (κ2) is 5.61. The van der Waals surface area contributed by atoms with Gasteiger partial charge in [-0.25, -0.2) is 4.79 Å². The SMILES string of the molecule is COC(=O)c1cc(OC(C)=O)c2cccc(OC)c2c1. The molecule has 0 aliphatic carbocycles. The van der Waals surface area contributed by atoms with E-state index >= 15 is 0 Å². The molecular formula is C15H14O5. The number of rotatable bonds is 3. The fraction of sp³-hybridized carbons (Fsp3) is 0.200. The molecule has 0 radical (unpaired) electrons. The predicted octanol–water partition coefficient (Wildman–Crippen LogP) is 2.56. The van der Waals surface area contributed by atoms with Crippen LogP contribution in [0, 0.1) is 0 Å². The lowest BCUT2D eigenvalue weighted by molar-refractivity contribution is -0.131. The number of benzene rings is 2. The summed E-state index contributed by atoms with van der Waals surface area (Å²) in [6.07, 6.45) is 0. The van der Waals surface area contributed by atoms with Crippen molar-refractivity contribution in [2.24, 2.45) is 0 Å². The second-order valence-electron chi connectivity index (χ2n) is 4.12. The summed E-state index contributed by atoms with van der Waals surface area (Å²) in [7, 11) is 2.82. The molecule has 2 aromatic carbocycles. The number of esters is 2. The normalized spacial score (nSPS) is 10.2. The first kappa shape index (κ1) is 13.9. The van der Waals surface area contributed by atoms with E-state index in [0.717, 1.165) is 0 Å². The molecule has 0 aliphatic heterocycles. The summed E-state index contributed by atoms with van der Waals surface area (Å²) >= 11 is 0. The van der Waals surface area contributed by atoms with E-state index in [4.69, 9.17) is 14.2 Å². The molecule has 2 aromatic rings. The molecule has 0 aromatic heterocycles. The van der Waals surface area contributed by atoms with Gasteiger partial charge in [-0.2, -0.15) is 0 Å². The summed E-state index contributed by atoms with van der Waals surface area (Å²) in [5.41, 5.74) is 0.292. The Morgan fingerprint density at radius 1 is 1.00 bits per heavy atom. The Bertz CT molecular complexity index is 675. The number of hydrogen-bond donors (Lipinski definition) is 0. The topological polar surface area (TPSA) is 61.8 Å². The average molecular weight is 274 g/mol. The smallest absolute Gasteiger partial charge is 0.338 e. The fourth-order valence-electron chi connectivity index (χ4n) is 1.98. The monoisotopic (exact) mass is 274 g/mol. The van der Waals surface area contributed by atoms with Gasteiger partial charge >= 0.3 is 11.9 Å². The van der Waals surface area contributed by atoms with E-state index < -0.39 is 11.9 Å². The Morgan fingerprint density at radius 3 is 2.35 bits per heavy atom. The van der Waals surface area contributed by atoms with Crippen molar-refractivity contribution < 1.29 is 23.8 Å². The van der Waals surface area contributed by atoms with E-state index in [2.05, 4.69) is 0 Å². The number of ether oxygens (including phenoxy) is 3. The van der Waals surface area contributed by atoms with Crippen molar-refractivity contribution in [1.82, 2.24) is 0 Å². The molecule has 0 unspecified atom stereocenters. The predicted molar refractivity (Wildman–Crippen MR) is 73.1 cm³/mol. The van der Waals surface area contributed by atoms with E-state index in [-0.39, 0.29) is 0 Å². The molecule has 0 amide bonds. The van der Waals surface area contributed by atoms with Crippen LogP contribution < -0.4 is 9.47 Å². The molecule has 0 aliphatic rings. The van der Waals surface area contributed by atoms with Crippen LogP contribution in [0.4, 0.5) is 0 Å². The third-order valence-electron chi connectivity index (χ3n) is 2.81. The van der Waals surface area contributed by atoms with Gasteiger partial charge in [0.05, 0.1) is 19.8 Å². The van der Waals surface area contributed by atoms with E-state index in [1.807, 2.05) is 0 Å². The zero-order chi connectivity index (χ0) is 14.7. The number of methoxy groups -OCH3 is 2. The number of carbonyl (C=O) groups is 2. The Balaban J connectivity index is 2.74. The van der Waals surface area contributed by atoms with E-state index in [1.54, 1.807) is 24.3 Å². The quantitative estimate of drug-likeness (QED) is 0.636. The Labute approximate surface area is 116 Å². The molecule has 0 atom stereocenters. The number of fused-ring (bicyclic) bond motifs is 1. The first-order valence-corrected chi connectivity index (χ1v) is 5.94. The van der Waals surface area contributed by atoms with Crippen LogP contribution in [-0.4, -0.2) is 26.2 Å². The first-order chi connectivity index (χ1) is 9.56. The van der Waals surface area contributed by atoms with Crippen molar-refractivity contribution in [3.05, 3.63) is 35.9 Å². The summed E-state index contributed by atoms with van der Waals surface area (Å²) in [4.78, 5) is 22.9. The van der Waals surface area contributed by atoms with Crippen molar-refractivity contribution in [2.45, 2.75) is 6.92 Å². The number of hydrogen-bond acceptors (Lipinski definition) is 5. The molecule has 0 spiro atoms. The highest BCUT2D eigenvalue weighted by Crippen LogP contribution is 2.34. The maximum Gasteiger partial charge on any atom is 0.338 e. The van der Waals surface area contributed by atoms with E-state index in [1.165, 1.54) is 27.2 Å². The third-order valence-corrected chi connectivity index (χ3v) is 2.81. The highest BCUT2D eigenvalue weighted by Gasteiger charge is 2.15. The van der Waals surface area contributed by atoms with Crippen LogP contribution in [0.15, 0.2) is 30.3 Å². The summed E-state index contributed by atoms with van der Waals surface area (Å²) in [6.45, 7) is 1.30. The molecule has 0 fully saturated rings. The minimum atomic E-state index is -0.508. The zero-order valence-corrected chi connectivity index (χ0v) is 11.4. The average Bonchev–Trinajstić information content (AvgIpc) is 2.45. The standard InChI is InChI=1S/C15H14O5/c1-9(16)20-14-8-10(15(17)19-3)7-12-11(14)5-4-6-13(12)18-2/h4-8H,1-3H3. The maximum atomic E-state index is 11.7. The van der Waals surface area contributed by atoms with Crippen molar-refractivity contribution >= 4 is 22.7 Å². The maximum absolute atomic E-state index is 11.7. The van der Waals surface area contributed by atoms with Gasteiger partial charge in [-0.15, -0.1) is 0 Å². The van der Waals surface area contributed by atoms with E-state index in [0.29, 0.717) is 27.8 Å². The third kappa shape index (κ3) is 2.56. The van der Waals surface area contributed by atoms with Crippen LogP contribution in [0.1, 0.15) is 17.3 Å². The molecule has 0 saturated heterocycles. The minimum Gasteiger partial charge on any atom is -0.496 e. The first-order valence-electron chi connectivity index (χ1n) is 5.94. The van der Waals surface area contributed by atoms with Crippen molar-refractivity contribution in [3.8, 4) is 11.5 Å². The van der Waals surface area contributed by atoms with Gasteiger partial charge in [0.2, 0.25) is 0 Å². The van der Waals surface area contributed by atoms with Gasteiger partial charge < -0.3 is 14.2 Å². The molecule has 20 heavy (non-hydrogen) atoms. The summed E-state index contributed by atoms with van der Waals surface area (Å²) in [6, 6.07) is 8.46. The minimum absolute atomic E-state index is 0.292. The van der Waals surface area contributed by atoms with Crippen molar-refractivity contribution in [1.29, 1.82) is 0 Å². The Hall–Kier alpha value is -2.56. The molecule has 5 heteroatoms. The van der Waals surface area contributed by atoms with Gasteiger partial charge in [-0.3, -0.25) is 4.79 Å². The molecule has 2 rings (SSSR count). The van der Waals surface area contributed by atoms with Gasteiger partial charge in [0.1, 0.15) is 11.5 Å². The summed E-state index contributed by atoms with van der Waals surface area (Å²) < 4.78 is 15.1. The lowest BCUT2D eigenvalue weighted by Gasteiger charge is -2.11. The highest BCUT2D eigenvalue weighted by molar-refractivity contribution is 6.01. The van der Waals surface area contributed by atoms with Crippen molar-refractivity contribution in [2.75, 3.05) is 14.2 Å². The Kier molecular flexibility index (Phi) is 3.89. The van der Waals surface area contributed by atoms with Crippen LogP contribution in [-0.2, 0) is 9.53 Å². The Morgan fingerprint density at radius 2 is 1.75 bits per heavy atom. The molecule has 0 N–H and O–H groups in total. The summed E-state index contributed by atoms with van der Waals surface area (Å²) in [5, 5.41) is 1.36. The van der Waals surface area contributed by atoms with Crippen LogP contribution in [0.2, 0.25) is 0 Å². The van der Waals surface area contributed by atoms with E-state index in [9.17, 15) is 9.59 Å². The number of carbonyl (C=O) groups excluding carboxylic acids is 2. The molecule has 104 valence electrons. The van der Waals surface area contributed by atoms with Crippen LogP contribution in [0.25, 0.3) is 10.8 Å².